The smallest absolute Gasteiger partial charge is 0.446 e. The molecular weight excluding hydrogens is 243 g/mol. The Balaban J connectivity index is 2.96. The Morgan fingerprint density at radius 2 is 2.25 bits per heavy atom. The van der Waals surface area contributed by atoms with Gasteiger partial charge in [-0.15, -0.1) is 0 Å². The quantitative estimate of drug-likeness (QED) is 0.611. The van der Waals surface area contributed by atoms with Crippen LogP contribution in [0.3, 0.4) is 0 Å². The maximum atomic E-state index is 12.2. The highest BCUT2D eigenvalue weighted by Gasteiger charge is 2.32. The summed E-state index contributed by atoms with van der Waals surface area (Å²) in [5, 5.41) is 0. The molecule has 1 rings (SSSR count). The van der Waals surface area contributed by atoms with Gasteiger partial charge in [0.15, 0.2) is 5.69 Å². The Morgan fingerprint density at radius 3 is 2.81 bits per heavy atom. The molecule has 0 amide bonds. The third kappa shape index (κ3) is 3.73. The van der Waals surface area contributed by atoms with Crippen LogP contribution in [0, 0.1) is 0 Å². The van der Waals surface area contributed by atoms with E-state index in [0.717, 1.165) is 0 Å². The molecule has 3 nitrogen and oxygen atoms in total. The summed E-state index contributed by atoms with van der Waals surface area (Å²) >= 11 is -0.382. The predicted octanol–water partition coefficient (Wildman–Crippen LogP) is 2.87. The van der Waals surface area contributed by atoms with Gasteiger partial charge in [-0.25, -0.2) is 9.78 Å². The Labute approximate surface area is 94.0 Å². The number of alkyl halides is 3. The standard InChI is InChI=1S/C9H8F3NO2S/c1-2-15-8(14)7-6(4-3-5-13-7)16-9(10,11)12/h3-5H,2H2,1H3. The van der Waals surface area contributed by atoms with E-state index in [1.54, 1.807) is 6.92 Å². The van der Waals surface area contributed by atoms with E-state index in [4.69, 9.17) is 0 Å². The molecular formula is C9H8F3NO2S. The molecule has 0 radical (unpaired) electrons. The van der Waals surface area contributed by atoms with Gasteiger partial charge >= 0.3 is 11.5 Å². The van der Waals surface area contributed by atoms with Crippen molar-refractivity contribution in [3.8, 4) is 0 Å². The van der Waals surface area contributed by atoms with E-state index in [-0.39, 0.29) is 29.0 Å². The average Bonchev–Trinajstić information content (AvgIpc) is 2.16. The number of nitrogens with zero attached hydrogens (tertiary/aromatic N) is 1. The number of pyridine rings is 1. The third-order valence-electron chi connectivity index (χ3n) is 1.47. The van der Waals surface area contributed by atoms with Crippen LogP contribution in [0.15, 0.2) is 23.2 Å². The lowest BCUT2D eigenvalue weighted by atomic mass is 10.3. The number of halogens is 3. The van der Waals surface area contributed by atoms with Gasteiger partial charge in [-0.05, 0) is 30.8 Å². The van der Waals surface area contributed by atoms with E-state index in [1.165, 1.54) is 18.3 Å². The molecule has 0 saturated carbocycles. The van der Waals surface area contributed by atoms with Crippen molar-refractivity contribution in [1.82, 2.24) is 4.98 Å². The van der Waals surface area contributed by atoms with E-state index < -0.39 is 11.5 Å². The zero-order valence-electron chi connectivity index (χ0n) is 8.25. The molecule has 0 atom stereocenters. The monoisotopic (exact) mass is 251 g/mol. The van der Waals surface area contributed by atoms with Crippen LogP contribution in [0.5, 0.6) is 0 Å². The summed E-state index contributed by atoms with van der Waals surface area (Å²) in [4.78, 5) is 14.6. The lowest BCUT2D eigenvalue weighted by Crippen LogP contribution is -2.10. The Kier molecular flexibility index (Phi) is 4.17. The lowest BCUT2D eigenvalue weighted by molar-refractivity contribution is -0.0328. The highest BCUT2D eigenvalue weighted by Crippen LogP contribution is 2.37. The van der Waals surface area contributed by atoms with Gasteiger partial charge in [-0.3, -0.25) is 0 Å². The van der Waals surface area contributed by atoms with Crippen LogP contribution in [0.4, 0.5) is 13.2 Å². The molecule has 0 saturated heterocycles. The van der Waals surface area contributed by atoms with Crippen molar-refractivity contribution in [2.24, 2.45) is 0 Å². The first-order chi connectivity index (χ1) is 7.44. The van der Waals surface area contributed by atoms with E-state index in [9.17, 15) is 18.0 Å². The van der Waals surface area contributed by atoms with Crippen molar-refractivity contribution in [2.75, 3.05) is 6.61 Å². The molecule has 0 aliphatic heterocycles. The molecule has 1 aromatic rings. The third-order valence-corrected chi connectivity index (χ3v) is 2.25. The van der Waals surface area contributed by atoms with Crippen molar-refractivity contribution in [2.45, 2.75) is 17.3 Å². The first-order valence-electron chi connectivity index (χ1n) is 4.32. The molecule has 7 heteroatoms. The van der Waals surface area contributed by atoms with Crippen molar-refractivity contribution in [1.29, 1.82) is 0 Å². The average molecular weight is 251 g/mol. The summed E-state index contributed by atoms with van der Waals surface area (Å²) in [5.41, 5.74) is -4.77. The summed E-state index contributed by atoms with van der Waals surface area (Å²) in [7, 11) is 0. The number of aromatic nitrogens is 1. The maximum absolute atomic E-state index is 12.2. The summed E-state index contributed by atoms with van der Waals surface area (Å²) in [6.45, 7) is 1.66. The molecule has 0 aliphatic carbocycles. The van der Waals surface area contributed by atoms with E-state index >= 15 is 0 Å². The van der Waals surface area contributed by atoms with Crippen LogP contribution < -0.4 is 0 Å². The molecule has 0 fully saturated rings. The Bertz CT molecular complexity index is 381. The van der Waals surface area contributed by atoms with Gasteiger partial charge in [0.1, 0.15) is 0 Å². The fourth-order valence-corrected chi connectivity index (χ4v) is 1.58. The van der Waals surface area contributed by atoms with Crippen LogP contribution in [0.2, 0.25) is 0 Å². The first kappa shape index (κ1) is 12.8. The molecule has 88 valence electrons. The molecule has 16 heavy (non-hydrogen) atoms. The molecule has 0 aromatic carbocycles. The normalized spacial score (nSPS) is 11.2. The predicted molar refractivity (Wildman–Crippen MR) is 52.1 cm³/mol. The second-order valence-electron chi connectivity index (χ2n) is 2.62. The zero-order valence-corrected chi connectivity index (χ0v) is 9.06. The SMILES string of the molecule is CCOC(=O)c1ncccc1SC(F)(F)F. The minimum atomic E-state index is -4.45. The zero-order chi connectivity index (χ0) is 12.2. The number of ether oxygens (including phenoxy) is 1. The second-order valence-corrected chi connectivity index (χ2v) is 3.73. The summed E-state index contributed by atoms with van der Waals surface area (Å²) in [6, 6.07) is 2.51. The summed E-state index contributed by atoms with van der Waals surface area (Å²) in [6.07, 6.45) is 1.24. The Morgan fingerprint density at radius 1 is 1.56 bits per heavy atom. The Hall–Kier alpha value is -1.24. The number of esters is 1. The largest absolute Gasteiger partial charge is 0.461 e. The minimum absolute atomic E-state index is 0.0888. The van der Waals surface area contributed by atoms with Gasteiger partial charge in [-0.2, -0.15) is 13.2 Å². The van der Waals surface area contributed by atoms with Crippen molar-refractivity contribution in [3.05, 3.63) is 24.0 Å². The van der Waals surface area contributed by atoms with Gasteiger partial charge < -0.3 is 4.74 Å². The van der Waals surface area contributed by atoms with Crippen LogP contribution in [0.1, 0.15) is 17.4 Å². The van der Waals surface area contributed by atoms with Crippen LogP contribution in [-0.2, 0) is 4.74 Å². The van der Waals surface area contributed by atoms with Crippen molar-refractivity contribution < 1.29 is 22.7 Å². The number of carbonyl (C=O) groups excluding carboxylic acids is 1. The van der Waals surface area contributed by atoms with E-state index in [2.05, 4.69) is 9.72 Å². The van der Waals surface area contributed by atoms with E-state index in [0.29, 0.717) is 0 Å². The van der Waals surface area contributed by atoms with Gasteiger partial charge in [0.05, 0.1) is 6.61 Å². The molecule has 0 bridgehead atoms. The van der Waals surface area contributed by atoms with Gasteiger partial charge in [-0.1, -0.05) is 0 Å². The molecule has 0 aliphatic rings. The maximum Gasteiger partial charge on any atom is 0.446 e. The van der Waals surface area contributed by atoms with Crippen molar-refractivity contribution in [3.63, 3.8) is 0 Å². The van der Waals surface area contributed by atoms with Crippen LogP contribution >= 0.6 is 11.8 Å². The second kappa shape index (κ2) is 5.20. The van der Waals surface area contributed by atoms with E-state index in [1.807, 2.05) is 0 Å². The summed E-state index contributed by atoms with van der Waals surface area (Å²) < 4.78 is 41.1. The van der Waals surface area contributed by atoms with Gasteiger partial charge in [0.2, 0.25) is 0 Å². The molecule has 1 heterocycles. The molecule has 0 unspecified atom stereocenters. The number of rotatable bonds is 3. The number of hydrogen-bond donors (Lipinski definition) is 0. The first-order valence-corrected chi connectivity index (χ1v) is 5.13. The lowest BCUT2D eigenvalue weighted by Gasteiger charge is -2.08. The molecule has 0 spiro atoms. The highest BCUT2D eigenvalue weighted by molar-refractivity contribution is 8.00. The summed E-state index contributed by atoms with van der Waals surface area (Å²) in [5.74, 6) is -0.852. The highest BCUT2D eigenvalue weighted by atomic mass is 32.2. The fraction of sp³-hybridized carbons (Fsp3) is 0.333. The van der Waals surface area contributed by atoms with Crippen LogP contribution in [-0.4, -0.2) is 23.1 Å². The topological polar surface area (TPSA) is 39.2 Å². The van der Waals surface area contributed by atoms with Gasteiger partial charge in [0.25, 0.3) is 0 Å². The molecule has 0 N–H and O–H groups in total. The molecule has 1 aromatic heterocycles. The number of hydrogen-bond acceptors (Lipinski definition) is 4. The number of thioether (sulfide) groups is 1. The minimum Gasteiger partial charge on any atom is -0.461 e. The van der Waals surface area contributed by atoms with Crippen molar-refractivity contribution >= 4 is 17.7 Å². The fourth-order valence-electron chi connectivity index (χ4n) is 0.950. The van der Waals surface area contributed by atoms with Crippen LogP contribution in [0.25, 0.3) is 0 Å². The number of carbonyl (C=O) groups is 1. The van der Waals surface area contributed by atoms with Gasteiger partial charge in [0, 0.05) is 11.1 Å².